The standard InChI is InChI=1S/C10H13NO4S2/c1-4-5-11(3)17(14,15)9-6-8(10(12)13)16-7(9)2/h4,6H,1,5H2,2-3H3,(H,12,13). The first-order valence-corrected chi connectivity index (χ1v) is 6.97. The second-order valence-electron chi connectivity index (χ2n) is 3.41. The van der Waals surface area contributed by atoms with Gasteiger partial charge in [-0.1, -0.05) is 6.08 Å². The van der Waals surface area contributed by atoms with Crippen LogP contribution >= 0.6 is 11.3 Å². The van der Waals surface area contributed by atoms with Crippen molar-refractivity contribution in [1.29, 1.82) is 0 Å². The fraction of sp³-hybridized carbons (Fsp3) is 0.300. The SMILES string of the molecule is C=CCN(C)S(=O)(=O)c1cc(C(=O)O)sc1C. The Labute approximate surface area is 104 Å². The highest BCUT2D eigenvalue weighted by molar-refractivity contribution is 7.89. The van der Waals surface area contributed by atoms with Crippen LogP contribution in [0.3, 0.4) is 0 Å². The van der Waals surface area contributed by atoms with Gasteiger partial charge in [-0.15, -0.1) is 17.9 Å². The Bertz CT molecular complexity index is 545. The van der Waals surface area contributed by atoms with Crippen LogP contribution in [0.5, 0.6) is 0 Å². The summed E-state index contributed by atoms with van der Waals surface area (Å²) in [5, 5.41) is 8.82. The van der Waals surface area contributed by atoms with E-state index in [4.69, 9.17) is 5.11 Å². The topological polar surface area (TPSA) is 74.7 Å². The average Bonchev–Trinajstić information content (AvgIpc) is 2.61. The van der Waals surface area contributed by atoms with Crippen LogP contribution in [0, 0.1) is 6.92 Å². The van der Waals surface area contributed by atoms with Gasteiger partial charge < -0.3 is 5.11 Å². The summed E-state index contributed by atoms with van der Waals surface area (Å²) in [4.78, 5) is 11.3. The van der Waals surface area contributed by atoms with Gasteiger partial charge in [0.15, 0.2) is 0 Å². The Morgan fingerprint density at radius 1 is 1.65 bits per heavy atom. The van der Waals surface area contributed by atoms with Crippen molar-refractivity contribution in [1.82, 2.24) is 4.31 Å². The number of rotatable bonds is 5. The van der Waals surface area contributed by atoms with Crippen molar-refractivity contribution >= 4 is 27.3 Å². The van der Waals surface area contributed by atoms with Crippen LogP contribution in [0.2, 0.25) is 0 Å². The number of carboxylic acids is 1. The molecule has 1 heterocycles. The summed E-state index contributed by atoms with van der Waals surface area (Å²) >= 11 is 0.954. The maximum absolute atomic E-state index is 12.1. The summed E-state index contributed by atoms with van der Waals surface area (Å²) in [6.07, 6.45) is 1.47. The molecule has 1 aromatic rings. The van der Waals surface area contributed by atoms with Crippen LogP contribution in [-0.4, -0.2) is 37.4 Å². The fourth-order valence-electron chi connectivity index (χ4n) is 1.27. The van der Waals surface area contributed by atoms with E-state index in [9.17, 15) is 13.2 Å². The molecule has 0 amide bonds. The number of hydrogen-bond donors (Lipinski definition) is 1. The minimum absolute atomic E-state index is 0.0214. The average molecular weight is 275 g/mol. The molecule has 0 aliphatic heterocycles. The van der Waals surface area contributed by atoms with Crippen molar-refractivity contribution < 1.29 is 18.3 Å². The van der Waals surface area contributed by atoms with Gasteiger partial charge in [0.1, 0.15) is 4.88 Å². The summed E-state index contributed by atoms with van der Waals surface area (Å²) in [5.74, 6) is -1.12. The first-order valence-electron chi connectivity index (χ1n) is 4.71. The maximum atomic E-state index is 12.1. The van der Waals surface area contributed by atoms with Gasteiger partial charge in [0, 0.05) is 18.5 Å². The first-order chi connectivity index (χ1) is 7.80. The molecule has 1 N–H and O–H groups in total. The number of aryl methyl sites for hydroxylation is 1. The molecule has 0 bridgehead atoms. The van der Waals surface area contributed by atoms with Crippen molar-refractivity contribution in [3.63, 3.8) is 0 Å². The smallest absolute Gasteiger partial charge is 0.345 e. The zero-order valence-corrected chi connectivity index (χ0v) is 11.1. The molecule has 0 unspecified atom stereocenters. The summed E-state index contributed by atoms with van der Waals surface area (Å²) < 4.78 is 25.3. The molecule has 0 saturated heterocycles. The number of carbonyl (C=O) groups is 1. The Kier molecular flexibility index (Phi) is 4.07. The van der Waals surface area contributed by atoms with Gasteiger partial charge in [0.2, 0.25) is 10.0 Å². The van der Waals surface area contributed by atoms with Crippen LogP contribution in [-0.2, 0) is 10.0 Å². The molecule has 0 aromatic carbocycles. The lowest BCUT2D eigenvalue weighted by Gasteiger charge is -2.14. The number of thiophene rings is 1. The Morgan fingerprint density at radius 2 is 2.24 bits per heavy atom. The highest BCUT2D eigenvalue weighted by Gasteiger charge is 2.25. The molecule has 0 saturated carbocycles. The molecule has 0 aliphatic carbocycles. The van der Waals surface area contributed by atoms with Crippen molar-refractivity contribution in [3.05, 3.63) is 28.5 Å². The van der Waals surface area contributed by atoms with E-state index in [1.54, 1.807) is 6.92 Å². The third-order valence-electron chi connectivity index (χ3n) is 2.16. The molecular formula is C10H13NO4S2. The van der Waals surface area contributed by atoms with E-state index in [2.05, 4.69) is 6.58 Å². The quantitative estimate of drug-likeness (QED) is 0.828. The van der Waals surface area contributed by atoms with Crippen LogP contribution in [0.15, 0.2) is 23.6 Å². The van der Waals surface area contributed by atoms with Gasteiger partial charge in [0.25, 0.3) is 0 Å². The molecule has 1 rings (SSSR count). The lowest BCUT2D eigenvalue weighted by Crippen LogP contribution is -2.27. The molecular weight excluding hydrogens is 262 g/mol. The van der Waals surface area contributed by atoms with Crippen LogP contribution in [0.4, 0.5) is 0 Å². The molecule has 0 spiro atoms. The number of likely N-dealkylation sites (N-methyl/N-ethyl adjacent to an activating group) is 1. The Hall–Kier alpha value is -1.18. The van der Waals surface area contributed by atoms with E-state index in [0.717, 1.165) is 15.6 Å². The van der Waals surface area contributed by atoms with Crippen molar-refractivity contribution in [2.24, 2.45) is 0 Å². The first kappa shape index (κ1) is 13.9. The molecule has 7 heteroatoms. The Balaban J connectivity index is 3.24. The maximum Gasteiger partial charge on any atom is 0.345 e. The highest BCUT2D eigenvalue weighted by Crippen LogP contribution is 2.27. The van der Waals surface area contributed by atoms with E-state index >= 15 is 0 Å². The number of sulfonamides is 1. The normalized spacial score (nSPS) is 11.7. The molecule has 94 valence electrons. The van der Waals surface area contributed by atoms with E-state index in [-0.39, 0.29) is 16.3 Å². The van der Waals surface area contributed by atoms with Crippen molar-refractivity contribution in [2.45, 2.75) is 11.8 Å². The predicted octanol–water partition coefficient (Wildman–Crippen LogP) is 1.56. The monoisotopic (exact) mass is 275 g/mol. The van der Waals surface area contributed by atoms with Gasteiger partial charge >= 0.3 is 5.97 Å². The molecule has 0 fully saturated rings. The van der Waals surface area contributed by atoms with E-state index in [1.165, 1.54) is 19.2 Å². The van der Waals surface area contributed by atoms with Gasteiger partial charge in [-0.05, 0) is 13.0 Å². The van der Waals surface area contributed by atoms with Gasteiger partial charge in [-0.25, -0.2) is 13.2 Å². The molecule has 1 aromatic heterocycles. The van der Waals surface area contributed by atoms with Gasteiger partial charge in [-0.2, -0.15) is 4.31 Å². The van der Waals surface area contributed by atoms with Crippen LogP contribution < -0.4 is 0 Å². The predicted molar refractivity (Wildman–Crippen MR) is 66.0 cm³/mol. The molecule has 5 nitrogen and oxygen atoms in total. The number of nitrogens with zero attached hydrogens (tertiary/aromatic N) is 1. The lowest BCUT2D eigenvalue weighted by molar-refractivity contribution is 0.0702. The van der Waals surface area contributed by atoms with E-state index in [1.807, 2.05) is 0 Å². The molecule has 0 radical (unpaired) electrons. The number of aromatic carboxylic acids is 1. The Morgan fingerprint density at radius 3 is 2.65 bits per heavy atom. The molecule has 17 heavy (non-hydrogen) atoms. The summed E-state index contributed by atoms with van der Waals surface area (Å²) in [6, 6.07) is 1.19. The molecule has 0 aliphatic rings. The van der Waals surface area contributed by atoms with Crippen molar-refractivity contribution in [2.75, 3.05) is 13.6 Å². The van der Waals surface area contributed by atoms with E-state index < -0.39 is 16.0 Å². The largest absolute Gasteiger partial charge is 0.477 e. The third kappa shape index (κ3) is 2.74. The van der Waals surface area contributed by atoms with Crippen LogP contribution in [0.25, 0.3) is 0 Å². The minimum Gasteiger partial charge on any atom is -0.477 e. The second kappa shape index (κ2) is 4.99. The second-order valence-corrected chi connectivity index (χ2v) is 6.68. The fourth-order valence-corrected chi connectivity index (χ4v) is 3.81. The third-order valence-corrected chi connectivity index (χ3v) is 5.27. The zero-order valence-electron chi connectivity index (χ0n) is 9.50. The zero-order chi connectivity index (χ0) is 13.2. The summed E-state index contributed by atoms with van der Waals surface area (Å²) in [5.41, 5.74) is 0. The summed E-state index contributed by atoms with van der Waals surface area (Å²) in [6.45, 7) is 5.24. The van der Waals surface area contributed by atoms with Gasteiger partial charge in [-0.3, -0.25) is 0 Å². The van der Waals surface area contributed by atoms with E-state index in [0.29, 0.717) is 4.88 Å². The minimum atomic E-state index is -3.64. The van der Waals surface area contributed by atoms with Crippen LogP contribution in [0.1, 0.15) is 14.5 Å². The highest BCUT2D eigenvalue weighted by atomic mass is 32.2. The summed E-state index contributed by atoms with van der Waals surface area (Å²) in [7, 11) is -2.21. The lowest BCUT2D eigenvalue weighted by atomic mass is 10.4. The number of hydrogen-bond acceptors (Lipinski definition) is 4. The van der Waals surface area contributed by atoms with Gasteiger partial charge in [0.05, 0.1) is 4.90 Å². The van der Waals surface area contributed by atoms with Crippen molar-refractivity contribution in [3.8, 4) is 0 Å². The number of carboxylic acid groups (broad SMARTS) is 1. The molecule has 0 atom stereocenters.